The molecule has 5 nitrogen and oxygen atoms in total. The fourth-order valence-electron chi connectivity index (χ4n) is 3.14. The first-order chi connectivity index (χ1) is 11.6. The zero-order valence-electron chi connectivity index (χ0n) is 13.4. The number of aliphatic carboxylic acids is 1. The molecule has 1 saturated carbocycles. The average molecular weight is 364 g/mol. The van der Waals surface area contributed by atoms with Gasteiger partial charge < -0.3 is 10.4 Å². The molecule has 1 aliphatic rings. The quantitative estimate of drug-likeness (QED) is 0.776. The van der Waals surface area contributed by atoms with Crippen molar-refractivity contribution in [3.63, 3.8) is 0 Å². The van der Waals surface area contributed by atoms with Gasteiger partial charge in [0.2, 0.25) is 5.91 Å². The van der Waals surface area contributed by atoms with E-state index in [4.69, 9.17) is 0 Å². The van der Waals surface area contributed by atoms with Gasteiger partial charge in [-0.05, 0) is 36.8 Å². The molecular formula is C17H20N2O3S2. The Balaban J connectivity index is 1.75. The number of anilines is 1. The molecule has 0 aliphatic heterocycles. The van der Waals surface area contributed by atoms with Crippen LogP contribution in [-0.2, 0) is 9.59 Å². The lowest BCUT2D eigenvalue weighted by molar-refractivity contribution is -0.147. The standard InChI is InChI=1S/C17H20N2O3S2/c1-2-23-17-19-13-8-7-10(9-14(13)24-17)18-15(20)11-5-3-4-6-12(11)16(21)22/h7-9,11-12H,2-6H2,1H3,(H,18,20)(H,21,22)/t11-,12+/m0/s1. The lowest BCUT2D eigenvalue weighted by atomic mass is 9.78. The Morgan fingerprint density at radius 3 is 2.79 bits per heavy atom. The zero-order valence-corrected chi connectivity index (χ0v) is 15.1. The molecule has 2 aromatic rings. The van der Waals surface area contributed by atoms with Crippen LogP contribution in [0, 0.1) is 11.8 Å². The zero-order chi connectivity index (χ0) is 17.1. The second-order valence-electron chi connectivity index (χ2n) is 5.92. The van der Waals surface area contributed by atoms with Gasteiger partial charge in [-0.25, -0.2) is 4.98 Å². The van der Waals surface area contributed by atoms with Crippen LogP contribution in [0.2, 0.25) is 0 Å². The number of benzene rings is 1. The van der Waals surface area contributed by atoms with Crippen LogP contribution in [-0.4, -0.2) is 27.7 Å². The van der Waals surface area contributed by atoms with Gasteiger partial charge in [0.15, 0.2) is 4.34 Å². The van der Waals surface area contributed by atoms with Gasteiger partial charge in [0.1, 0.15) is 0 Å². The molecule has 3 rings (SSSR count). The third-order valence-electron chi connectivity index (χ3n) is 4.32. The number of carbonyl (C=O) groups excluding carboxylic acids is 1. The monoisotopic (exact) mass is 364 g/mol. The predicted molar refractivity (Wildman–Crippen MR) is 97.7 cm³/mol. The van der Waals surface area contributed by atoms with E-state index >= 15 is 0 Å². The molecule has 1 heterocycles. The fraction of sp³-hybridized carbons (Fsp3) is 0.471. The third-order valence-corrected chi connectivity index (χ3v) is 6.37. The first kappa shape index (κ1) is 17.2. The summed E-state index contributed by atoms with van der Waals surface area (Å²) in [6, 6.07) is 5.65. The number of aromatic nitrogens is 1. The molecule has 1 aromatic carbocycles. The number of fused-ring (bicyclic) bond motifs is 1. The molecule has 1 amide bonds. The van der Waals surface area contributed by atoms with Crippen LogP contribution in [0.4, 0.5) is 5.69 Å². The Morgan fingerprint density at radius 1 is 1.33 bits per heavy atom. The van der Waals surface area contributed by atoms with Gasteiger partial charge in [0.05, 0.1) is 22.1 Å². The minimum Gasteiger partial charge on any atom is -0.481 e. The number of thiazole rings is 1. The smallest absolute Gasteiger partial charge is 0.307 e. The first-order valence-electron chi connectivity index (χ1n) is 8.15. The molecule has 7 heteroatoms. The number of amides is 1. The molecule has 128 valence electrons. The van der Waals surface area contributed by atoms with E-state index in [9.17, 15) is 14.7 Å². The highest BCUT2D eigenvalue weighted by Gasteiger charge is 2.35. The summed E-state index contributed by atoms with van der Waals surface area (Å²) < 4.78 is 2.05. The molecule has 0 saturated heterocycles. The molecule has 2 N–H and O–H groups in total. The van der Waals surface area contributed by atoms with Crippen molar-refractivity contribution in [2.24, 2.45) is 11.8 Å². The number of carboxylic acids is 1. The molecule has 1 fully saturated rings. The SMILES string of the molecule is CCSc1nc2ccc(NC(=O)[C@H]3CCCC[C@H]3C(=O)O)cc2s1. The average Bonchev–Trinajstić information content (AvgIpc) is 2.96. The summed E-state index contributed by atoms with van der Waals surface area (Å²) in [7, 11) is 0. The molecule has 24 heavy (non-hydrogen) atoms. The van der Waals surface area contributed by atoms with Gasteiger partial charge in [0, 0.05) is 5.69 Å². The summed E-state index contributed by atoms with van der Waals surface area (Å²) in [5.41, 5.74) is 1.63. The second kappa shape index (κ2) is 7.53. The van der Waals surface area contributed by atoms with Crippen molar-refractivity contribution in [3.05, 3.63) is 18.2 Å². The van der Waals surface area contributed by atoms with E-state index in [1.165, 1.54) is 0 Å². The van der Waals surface area contributed by atoms with Crippen molar-refractivity contribution in [1.82, 2.24) is 4.98 Å². The normalized spacial score (nSPS) is 20.9. The van der Waals surface area contributed by atoms with E-state index in [2.05, 4.69) is 17.2 Å². The predicted octanol–water partition coefficient (Wildman–Crippen LogP) is 4.24. The summed E-state index contributed by atoms with van der Waals surface area (Å²) >= 11 is 3.31. The molecule has 0 bridgehead atoms. The van der Waals surface area contributed by atoms with Crippen molar-refractivity contribution in [2.75, 3.05) is 11.1 Å². The van der Waals surface area contributed by atoms with E-state index in [0.717, 1.165) is 33.2 Å². The number of carbonyl (C=O) groups is 2. The lowest BCUT2D eigenvalue weighted by Gasteiger charge is -2.27. The van der Waals surface area contributed by atoms with Crippen LogP contribution in [0.1, 0.15) is 32.6 Å². The van der Waals surface area contributed by atoms with Crippen molar-refractivity contribution < 1.29 is 14.7 Å². The van der Waals surface area contributed by atoms with Gasteiger partial charge in [-0.2, -0.15) is 0 Å². The maximum absolute atomic E-state index is 12.5. The molecule has 0 unspecified atom stereocenters. The highest BCUT2D eigenvalue weighted by atomic mass is 32.2. The van der Waals surface area contributed by atoms with Crippen LogP contribution >= 0.6 is 23.1 Å². The maximum atomic E-state index is 12.5. The Bertz CT molecular complexity index is 759. The largest absolute Gasteiger partial charge is 0.481 e. The highest BCUT2D eigenvalue weighted by Crippen LogP contribution is 2.33. The number of hydrogen-bond acceptors (Lipinski definition) is 5. The molecule has 0 radical (unpaired) electrons. The van der Waals surface area contributed by atoms with Crippen LogP contribution in [0.25, 0.3) is 10.2 Å². The minimum atomic E-state index is -0.867. The van der Waals surface area contributed by atoms with E-state index in [0.29, 0.717) is 18.5 Å². The van der Waals surface area contributed by atoms with Gasteiger partial charge in [-0.3, -0.25) is 9.59 Å². The Kier molecular flexibility index (Phi) is 5.40. The molecule has 2 atom stereocenters. The summed E-state index contributed by atoms with van der Waals surface area (Å²) in [5.74, 6) is -1.09. The Morgan fingerprint density at radius 2 is 2.08 bits per heavy atom. The van der Waals surface area contributed by atoms with E-state index in [1.54, 1.807) is 23.1 Å². The van der Waals surface area contributed by atoms with Crippen molar-refractivity contribution in [1.29, 1.82) is 0 Å². The Labute approximate surface area is 148 Å². The minimum absolute atomic E-state index is 0.186. The van der Waals surface area contributed by atoms with Gasteiger partial charge in [-0.1, -0.05) is 31.5 Å². The summed E-state index contributed by atoms with van der Waals surface area (Å²) in [4.78, 5) is 28.4. The number of thioether (sulfide) groups is 1. The van der Waals surface area contributed by atoms with E-state index < -0.39 is 17.8 Å². The van der Waals surface area contributed by atoms with Crippen molar-refractivity contribution in [3.8, 4) is 0 Å². The number of rotatable bonds is 5. The summed E-state index contributed by atoms with van der Waals surface area (Å²) in [6.07, 6.45) is 3.01. The van der Waals surface area contributed by atoms with Crippen molar-refractivity contribution in [2.45, 2.75) is 36.9 Å². The Hall–Kier alpha value is -1.60. The number of carboxylic acid groups (broad SMARTS) is 1. The highest BCUT2D eigenvalue weighted by molar-refractivity contribution is 8.01. The molecular weight excluding hydrogens is 344 g/mol. The first-order valence-corrected chi connectivity index (χ1v) is 9.95. The van der Waals surface area contributed by atoms with Crippen LogP contribution in [0.5, 0.6) is 0 Å². The van der Waals surface area contributed by atoms with Crippen LogP contribution in [0.3, 0.4) is 0 Å². The van der Waals surface area contributed by atoms with Gasteiger partial charge in [-0.15, -0.1) is 11.3 Å². The van der Waals surface area contributed by atoms with E-state index in [-0.39, 0.29) is 5.91 Å². The third kappa shape index (κ3) is 3.72. The molecule has 1 aliphatic carbocycles. The van der Waals surface area contributed by atoms with E-state index in [1.807, 2.05) is 18.2 Å². The number of hydrogen-bond donors (Lipinski definition) is 2. The van der Waals surface area contributed by atoms with Crippen LogP contribution in [0.15, 0.2) is 22.5 Å². The molecule has 0 spiro atoms. The summed E-state index contributed by atoms with van der Waals surface area (Å²) in [5, 5.41) is 12.2. The number of nitrogens with zero attached hydrogens (tertiary/aromatic N) is 1. The topological polar surface area (TPSA) is 79.3 Å². The fourth-order valence-corrected chi connectivity index (χ4v) is 5.15. The lowest BCUT2D eigenvalue weighted by Crippen LogP contribution is -2.36. The second-order valence-corrected chi connectivity index (χ2v) is 8.46. The van der Waals surface area contributed by atoms with Crippen molar-refractivity contribution >= 4 is 50.9 Å². The summed E-state index contributed by atoms with van der Waals surface area (Å²) in [6.45, 7) is 2.09. The van der Waals surface area contributed by atoms with Gasteiger partial charge >= 0.3 is 5.97 Å². The van der Waals surface area contributed by atoms with Crippen LogP contribution < -0.4 is 5.32 Å². The molecule has 1 aromatic heterocycles. The number of nitrogens with one attached hydrogen (secondary N) is 1. The maximum Gasteiger partial charge on any atom is 0.307 e. The van der Waals surface area contributed by atoms with Gasteiger partial charge in [0.25, 0.3) is 0 Å².